The molecule has 1 amide bonds. The van der Waals surface area contributed by atoms with E-state index in [2.05, 4.69) is 15.4 Å². The molecule has 11 heteroatoms. The second kappa shape index (κ2) is 8.76. The van der Waals surface area contributed by atoms with Crippen LogP contribution in [0.2, 0.25) is 5.02 Å². The highest BCUT2D eigenvalue weighted by Gasteiger charge is 2.30. The van der Waals surface area contributed by atoms with Crippen molar-refractivity contribution in [1.82, 2.24) is 14.8 Å². The Bertz CT molecular complexity index is 1130. The SMILES string of the molecule is Cc1cc(C)n(-c2ccc(Cl)c(C(=O)OCC(=O)Nc3ccc(C(F)(F)F)cc3)n2)n1. The van der Waals surface area contributed by atoms with Gasteiger partial charge in [-0.25, -0.2) is 14.5 Å². The maximum absolute atomic E-state index is 12.6. The second-order valence-electron chi connectivity index (χ2n) is 6.54. The summed E-state index contributed by atoms with van der Waals surface area (Å²) in [6, 6.07) is 8.72. The molecule has 0 fully saturated rings. The third kappa shape index (κ3) is 5.40. The van der Waals surface area contributed by atoms with E-state index >= 15 is 0 Å². The third-order valence-corrected chi connectivity index (χ3v) is 4.39. The molecule has 162 valence electrons. The van der Waals surface area contributed by atoms with Crippen LogP contribution in [0.1, 0.15) is 27.4 Å². The first-order valence-electron chi connectivity index (χ1n) is 8.89. The molecule has 0 aliphatic heterocycles. The number of carbonyl (C=O) groups is 2. The fourth-order valence-corrected chi connectivity index (χ4v) is 2.88. The molecular formula is C20H16ClF3N4O3. The first kappa shape index (κ1) is 22.3. The zero-order valence-electron chi connectivity index (χ0n) is 16.3. The smallest absolute Gasteiger partial charge is 0.416 e. The molecule has 0 spiro atoms. The van der Waals surface area contributed by atoms with E-state index in [9.17, 15) is 22.8 Å². The van der Waals surface area contributed by atoms with Gasteiger partial charge < -0.3 is 10.1 Å². The quantitative estimate of drug-likeness (QED) is 0.581. The lowest BCUT2D eigenvalue weighted by atomic mass is 10.2. The number of anilines is 1. The molecule has 3 rings (SSSR count). The normalized spacial score (nSPS) is 11.3. The number of rotatable bonds is 5. The van der Waals surface area contributed by atoms with Gasteiger partial charge >= 0.3 is 12.1 Å². The molecule has 3 aromatic rings. The lowest BCUT2D eigenvalue weighted by molar-refractivity contribution is -0.137. The number of hydrogen-bond donors (Lipinski definition) is 1. The number of carbonyl (C=O) groups excluding carboxylic acids is 2. The zero-order chi connectivity index (χ0) is 22.8. The number of nitrogens with zero attached hydrogens (tertiary/aromatic N) is 3. The molecule has 1 aromatic carbocycles. The van der Waals surface area contributed by atoms with Gasteiger partial charge in [-0.3, -0.25) is 4.79 Å². The summed E-state index contributed by atoms with van der Waals surface area (Å²) in [7, 11) is 0. The molecule has 0 radical (unpaired) electrons. The predicted octanol–water partition coefficient (Wildman–Crippen LogP) is 4.35. The molecular weight excluding hydrogens is 437 g/mol. The Hall–Kier alpha value is -3.40. The van der Waals surface area contributed by atoms with Gasteiger partial charge in [0.25, 0.3) is 5.91 Å². The van der Waals surface area contributed by atoms with Crippen LogP contribution < -0.4 is 5.32 Å². The molecule has 31 heavy (non-hydrogen) atoms. The summed E-state index contributed by atoms with van der Waals surface area (Å²) < 4.78 is 44.2. The fraction of sp³-hybridized carbons (Fsp3) is 0.200. The molecule has 2 aromatic heterocycles. The van der Waals surface area contributed by atoms with E-state index in [0.29, 0.717) is 5.82 Å². The van der Waals surface area contributed by atoms with Gasteiger partial charge in [-0.15, -0.1) is 0 Å². The number of ether oxygens (including phenoxy) is 1. The third-order valence-electron chi connectivity index (χ3n) is 4.08. The van der Waals surface area contributed by atoms with Crippen molar-refractivity contribution in [3.8, 4) is 5.82 Å². The first-order valence-corrected chi connectivity index (χ1v) is 9.27. The van der Waals surface area contributed by atoms with Gasteiger partial charge in [0.1, 0.15) is 0 Å². The lowest BCUT2D eigenvalue weighted by Gasteiger charge is -2.10. The van der Waals surface area contributed by atoms with Crippen molar-refractivity contribution in [2.24, 2.45) is 0 Å². The average molecular weight is 453 g/mol. The van der Waals surface area contributed by atoms with Crippen LogP contribution in [0.4, 0.5) is 18.9 Å². The molecule has 0 saturated heterocycles. The van der Waals surface area contributed by atoms with E-state index in [0.717, 1.165) is 35.7 Å². The number of pyridine rings is 1. The number of esters is 1. The maximum atomic E-state index is 12.6. The number of amides is 1. The Morgan fingerprint density at radius 3 is 2.39 bits per heavy atom. The van der Waals surface area contributed by atoms with E-state index in [1.54, 1.807) is 6.07 Å². The topological polar surface area (TPSA) is 86.1 Å². The number of aromatic nitrogens is 3. The van der Waals surface area contributed by atoms with E-state index in [1.165, 1.54) is 10.7 Å². The number of halogens is 4. The summed E-state index contributed by atoms with van der Waals surface area (Å²) in [4.78, 5) is 28.5. The largest absolute Gasteiger partial charge is 0.451 e. The summed E-state index contributed by atoms with van der Waals surface area (Å²) in [5, 5.41) is 6.64. The maximum Gasteiger partial charge on any atom is 0.416 e. The van der Waals surface area contributed by atoms with Crippen LogP contribution >= 0.6 is 11.6 Å². The Morgan fingerprint density at radius 2 is 1.81 bits per heavy atom. The van der Waals surface area contributed by atoms with Gasteiger partial charge in [0.05, 0.1) is 16.3 Å². The minimum atomic E-state index is -4.48. The van der Waals surface area contributed by atoms with E-state index < -0.39 is 30.2 Å². The van der Waals surface area contributed by atoms with Crippen LogP contribution in [0.15, 0.2) is 42.5 Å². The molecule has 0 unspecified atom stereocenters. The van der Waals surface area contributed by atoms with Crippen molar-refractivity contribution in [2.75, 3.05) is 11.9 Å². The highest BCUT2D eigenvalue weighted by Crippen LogP contribution is 2.29. The number of nitrogens with one attached hydrogen (secondary N) is 1. The van der Waals surface area contributed by atoms with Crippen LogP contribution in [-0.2, 0) is 15.7 Å². The molecule has 0 atom stereocenters. The van der Waals surface area contributed by atoms with Crippen LogP contribution in [0.3, 0.4) is 0 Å². The van der Waals surface area contributed by atoms with Gasteiger partial charge in [0, 0.05) is 11.4 Å². The van der Waals surface area contributed by atoms with Crippen LogP contribution in [0.25, 0.3) is 5.82 Å². The number of benzene rings is 1. The summed E-state index contributed by atoms with van der Waals surface area (Å²) >= 11 is 6.03. The van der Waals surface area contributed by atoms with Crippen LogP contribution in [0.5, 0.6) is 0 Å². The Kier molecular flexibility index (Phi) is 6.30. The van der Waals surface area contributed by atoms with E-state index in [4.69, 9.17) is 16.3 Å². The van der Waals surface area contributed by atoms with Crippen molar-refractivity contribution >= 4 is 29.2 Å². The number of aryl methyl sites for hydroxylation is 2. The first-order chi connectivity index (χ1) is 14.5. The second-order valence-corrected chi connectivity index (χ2v) is 6.95. The van der Waals surface area contributed by atoms with Crippen molar-refractivity contribution in [3.63, 3.8) is 0 Å². The van der Waals surface area contributed by atoms with Gasteiger partial charge in [0.2, 0.25) is 0 Å². The zero-order valence-corrected chi connectivity index (χ0v) is 17.1. The Balaban J connectivity index is 1.64. The summed E-state index contributed by atoms with van der Waals surface area (Å²) in [5.41, 5.74) is 0.631. The average Bonchev–Trinajstić information content (AvgIpc) is 3.04. The lowest BCUT2D eigenvalue weighted by Crippen LogP contribution is -2.22. The van der Waals surface area contributed by atoms with E-state index in [1.807, 2.05) is 19.9 Å². The molecule has 7 nitrogen and oxygen atoms in total. The Labute approximate surface area is 179 Å². The predicted molar refractivity (Wildman–Crippen MR) is 106 cm³/mol. The summed E-state index contributed by atoms with van der Waals surface area (Å²) in [6.07, 6.45) is -4.48. The van der Waals surface area contributed by atoms with Crippen molar-refractivity contribution in [1.29, 1.82) is 0 Å². The van der Waals surface area contributed by atoms with Gasteiger partial charge in [0.15, 0.2) is 18.1 Å². The van der Waals surface area contributed by atoms with Crippen molar-refractivity contribution in [3.05, 3.63) is 70.1 Å². The highest BCUT2D eigenvalue weighted by atomic mass is 35.5. The fourth-order valence-electron chi connectivity index (χ4n) is 2.69. The molecule has 0 aliphatic carbocycles. The number of hydrogen-bond acceptors (Lipinski definition) is 5. The molecule has 0 aliphatic rings. The standard InChI is InChI=1S/C20H16ClF3N4O3/c1-11-9-12(2)28(27-11)16-8-7-15(21)18(26-16)19(30)31-10-17(29)25-14-5-3-13(4-6-14)20(22,23)24/h3-9H,10H2,1-2H3,(H,25,29). The summed E-state index contributed by atoms with van der Waals surface area (Å²) in [6.45, 7) is 2.95. The molecule has 1 N–H and O–H groups in total. The van der Waals surface area contributed by atoms with Gasteiger partial charge in [-0.05, 0) is 56.3 Å². The molecule has 2 heterocycles. The Morgan fingerprint density at radius 1 is 1.13 bits per heavy atom. The molecule has 0 bridgehead atoms. The molecule has 0 saturated carbocycles. The van der Waals surface area contributed by atoms with Crippen molar-refractivity contribution in [2.45, 2.75) is 20.0 Å². The highest BCUT2D eigenvalue weighted by molar-refractivity contribution is 6.33. The van der Waals surface area contributed by atoms with Crippen LogP contribution in [0, 0.1) is 13.8 Å². The minimum Gasteiger partial charge on any atom is -0.451 e. The monoisotopic (exact) mass is 452 g/mol. The minimum absolute atomic E-state index is 0.0263. The van der Waals surface area contributed by atoms with E-state index in [-0.39, 0.29) is 16.4 Å². The summed E-state index contributed by atoms with van der Waals surface area (Å²) in [5.74, 6) is -1.33. The van der Waals surface area contributed by atoms with Gasteiger partial charge in [-0.2, -0.15) is 18.3 Å². The van der Waals surface area contributed by atoms with Crippen molar-refractivity contribution < 1.29 is 27.5 Å². The number of alkyl halides is 3. The van der Waals surface area contributed by atoms with Crippen LogP contribution in [-0.4, -0.2) is 33.2 Å². The van der Waals surface area contributed by atoms with Gasteiger partial charge in [-0.1, -0.05) is 11.6 Å².